The molecule has 0 saturated carbocycles. The average molecular weight is 330 g/mol. The maximum Gasteiger partial charge on any atom is 0.395 e. The Labute approximate surface area is 131 Å². The number of hydrogen-bond acceptors (Lipinski definition) is 2. The molecule has 1 aliphatic rings. The van der Waals surface area contributed by atoms with E-state index in [1.165, 1.54) is 12.1 Å². The Morgan fingerprint density at radius 2 is 2.09 bits per heavy atom. The summed E-state index contributed by atoms with van der Waals surface area (Å²) < 4.78 is 38.8. The van der Waals surface area contributed by atoms with E-state index in [0.29, 0.717) is 5.56 Å². The van der Waals surface area contributed by atoms with Gasteiger partial charge < -0.3 is 15.3 Å². The number of benzene rings is 1. The number of hydrogen-bond donors (Lipinski definition) is 2. The number of nitrogens with one attached hydrogen (secondary N) is 1. The van der Waals surface area contributed by atoms with Crippen molar-refractivity contribution in [1.82, 2.24) is 10.2 Å². The van der Waals surface area contributed by atoms with Gasteiger partial charge in [-0.15, -0.1) is 0 Å². The van der Waals surface area contributed by atoms with Gasteiger partial charge in [0.05, 0.1) is 11.0 Å². The predicted octanol–water partition coefficient (Wildman–Crippen LogP) is 2.87. The fourth-order valence-corrected chi connectivity index (χ4v) is 2.47. The van der Waals surface area contributed by atoms with Crippen LogP contribution in [0.3, 0.4) is 0 Å². The van der Waals surface area contributed by atoms with Crippen molar-refractivity contribution in [2.75, 3.05) is 13.1 Å². The predicted molar refractivity (Wildman–Crippen MR) is 76.0 cm³/mol. The minimum absolute atomic E-state index is 0.0387. The summed E-state index contributed by atoms with van der Waals surface area (Å²) in [5.41, 5.74) is -1.23. The molecule has 1 heterocycles. The molecular weight excluding hydrogens is 313 g/mol. The van der Waals surface area contributed by atoms with Gasteiger partial charge in [-0.05, 0) is 31.0 Å². The third kappa shape index (κ3) is 3.75. The second-order valence-electron chi connectivity index (χ2n) is 5.89. The van der Waals surface area contributed by atoms with Crippen molar-refractivity contribution in [1.29, 1.82) is 0 Å². The summed E-state index contributed by atoms with van der Waals surface area (Å²) in [5, 5.41) is 11.4. The van der Waals surface area contributed by atoms with E-state index in [4.69, 9.17) is 5.11 Å². The van der Waals surface area contributed by atoms with Crippen molar-refractivity contribution in [2.45, 2.75) is 26.1 Å². The van der Waals surface area contributed by atoms with Crippen LogP contribution in [0.2, 0.25) is 0 Å². The molecule has 1 aromatic carbocycles. The lowest BCUT2D eigenvalue weighted by Crippen LogP contribution is -2.42. The zero-order valence-electron chi connectivity index (χ0n) is 12.5. The van der Waals surface area contributed by atoms with Gasteiger partial charge in [-0.1, -0.05) is 12.1 Å². The molecule has 1 saturated heterocycles. The molecule has 1 aliphatic heterocycles. The fraction of sp³-hybridized carbons (Fsp3) is 0.467. The highest BCUT2D eigenvalue weighted by Gasteiger charge is 2.55. The molecule has 0 aliphatic carbocycles. The Kier molecular flexibility index (Phi) is 4.53. The second-order valence-corrected chi connectivity index (χ2v) is 5.89. The number of amides is 2. The van der Waals surface area contributed by atoms with Crippen molar-refractivity contribution in [3.8, 4) is 0 Å². The molecule has 0 bridgehead atoms. The van der Waals surface area contributed by atoms with Gasteiger partial charge in [0.1, 0.15) is 0 Å². The van der Waals surface area contributed by atoms with Crippen LogP contribution < -0.4 is 5.32 Å². The summed E-state index contributed by atoms with van der Waals surface area (Å²) in [4.78, 5) is 24.0. The summed E-state index contributed by atoms with van der Waals surface area (Å²) in [5.74, 6) is -1.08. The number of rotatable bonds is 3. The normalized spacial score (nSPS) is 21.3. The fourth-order valence-electron chi connectivity index (χ4n) is 2.47. The largest absolute Gasteiger partial charge is 0.478 e. The van der Waals surface area contributed by atoms with Gasteiger partial charge in [0.15, 0.2) is 0 Å². The van der Waals surface area contributed by atoms with E-state index in [9.17, 15) is 22.8 Å². The van der Waals surface area contributed by atoms with E-state index < -0.39 is 23.6 Å². The number of halogens is 3. The standard InChI is InChI=1S/C15H17F3N2O3/c1-14(15(16,17)18)5-6-20(9-14)13(23)19-8-10-3-2-4-11(7-10)12(21)22/h2-4,7H,5-6,8-9H2,1H3,(H,19,23)(H,21,22). The van der Waals surface area contributed by atoms with E-state index >= 15 is 0 Å². The summed E-state index contributed by atoms with van der Waals surface area (Å²) in [6, 6.07) is 5.42. The first-order valence-corrected chi connectivity index (χ1v) is 7.04. The molecule has 0 aromatic heterocycles. The van der Waals surface area contributed by atoms with Crippen LogP contribution in [0, 0.1) is 5.41 Å². The first-order chi connectivity index (χ1) is 10.6. The highest BCUT2D eigenvalue weighted by Crippen LogP contribution is 2.44. The van der Waals surface area contributed by atoms with E-state index in [1.807, 2.05) is 0 Å². The van der Waals surface area contributed by atoms with Crippen molar-refractivity contribution >= 4 is 12.0 Å². The number of aromatic carboxylic acids is 1. The molecule has 126 valence electrons. The molecule has 1 atom stereocenters. The zero-order valence-corrected chi connectivity index (χ0v) is 12.5. The lowest BCUT2D eigenvalue weighted by atomic mass is 9.89. The van der Waals surface area contributed by atoms with Gasteiger partial charge in [0, 0.05) is 19.6 Å². The quantitative estimate of drug-likeness (QED) is 0.895. The molecule has 5 nitrogen and oxygen atoms in total. The molecule has 1 unspecified atom stereocenters. The summed E-state index contributed by atoms with van der Waals surface area (Å²) in [6.07, 6.45) is -4.48. The molecule has 0 spiro atoms. The van der Waals surface area contributed by atoms with Crippen LogP contribution in [0.15, 0.2) is 24.3 Å². The van der Waals surface area contributed by atoms with Crippen molar-refractivity contribution < 1.29 is 27.9 Å². The molecule has 0 radical (unpaired) electrons. The lowest BCUT2D eigenvalue weighted by Gasteiger charge is -2.27. The van der Waals surface area contributed by atoms with Gasteiger partial charge in [-0.3, -0.25) is 0 Å². The van der Waals surface area contributed by atoms with Crippen LogP contribution in [-0.4, -0.2) is 41.3 Å². The summed E-state index contributed by atoms with van der Waals surface area (Å²) in [6.45, 7) is 0.824. The molecule has 1 fully saturated rings. The molecule has 2 amide bonds. The minimum atomic E-state index is -4.35. The summed E-state index contributed by atoms with van der Waals surface area (Å²) >= 11 is 0. The first-order valence-electron chi connectivity index (χ1n) is 7.04. The van der Waals surface area contributed by atoms with E-state index in [0.717, 1.165) is 11.8 Å². The number of likely N-dealkylation sites (tertiary alicyclic amines) is 1. The number of nitrogens with zero attached hydrogens (tertiary/aromatic N) is 1. The SMILES string of the molecule is CC1(C(F)(F)F)CCN(C(=O)NCc2cccc(C(=O)O)c2)C1. The number of alkyl halides is 3. The monoisotopic (exact) mass is 330 g/mol. The van der Waals surface area contributed by atoms with Gasteiger partial charge in [-0.2, -0.15) is 13.2 Å². The Morgan fingerprint density at radius 1 is 1.39 bits per heavy atom. The van der Waals surface area contributed by atoms with Crippen LogP contribution in [0.25, 0.3) is 0 Å². The van der Waals surface area contributed by atoms with Crippen LogP contribution >= 0.6 is 0 Å². The summed E-state index contributed by atoms with van der Waals surface area (Å²) in [7, 11) is 0. The maximum absolute atomic E-state index is 12.9. The second kappa shape index (κ2) is 6.10. The number of carboxylic acids is 1. The number of carbonyl (C=O) groups is 2. The minimum Gasteiger partial charge on any atom is -0.478 e. The van der Waals surface area contributed by atoms with Gasteiger partial charge >= 0.3 is 18.2 Å². The van der Waals surface area contributed by atoms with Gasteiger partial charge in [0.2, 0.25) is 0 Å². The number of urea groups is 1. The first kappa shape index (κ1) is 17.1. The highest BCUT2D eigenvalue weighted by atomic mass is 19.4. The Bertz CT molecular complexity index is 618. The van der Waals surface area contributed by atoms with Crippen LogP contribution in [0.1, 0.15) is 29.3 Å². The van der Waals surface area contributed by atoms with Crippen LogP contribution in [0.4, 0.5) is 18.0 Å². The van der Waals surface area contributed by atoms with E-state index in [1.54, 1.807) is 12.1 Å². The van der Waals surface area contributed by atoms with Crippen molar-refractivity contribution in [2.24, 2.45) is 5.41 Å². The van der Waals surface area contributed by atoms with Crippen molar-refractivity contribution in [3.05, 3.63) is 35.4 Å². The highest BCUT2D eigenvalue weighted by molar-refractivity contribution is 5.87. The lowest BCUT2D eigenvalue weighted by molar-refractivity contribution is -0.212. The van der Waals surface area contributed by atoms with Crippen molar-refractivity contribution in [3.63, 3.8) is 0 Å². The molecule has 23 heavy (non-hydrogen) atoms. The third-order valence-corrected chi connectivity index (χ3v) is 4.06. The number of carboxylic acid groups (broad SMARTS) is 1. The third-order valence-electron chi connectivity index (χ3n) is 4.06. The smallest absolute Gasteiger partial charge is 0.395 e. The van der Waals surface area contributed by atoms with Gasteiger partial charge in [0.25, 0.3) is 0 Å². The maximum atomic E-state index is 12.9. The Morgan fingerprint density at radius 3 is 2.65 bits per heavy atom. The molecule has 8 heteroatoms. The molecular formula is C15H17F3N2O3. The molecule has 1 aromatic rings. The molecule has 2 rings (SSSR count). The van der Waals surface area contributed by atoms with E-state index in [-0.39, 0.29) is 31.6 Å². The Hall–Kier alpha value is -2.25. The topological polar surface area (TPSA) is 69.6 Å². The van der Waals surface area contributed by atoms with Crippen LogP contribution in [-0.2, 0) is 6.54 Å². The number of carbonyl (C=O) groups excluding carboxylic acids is 1. The van der Waals surface area contributed by atoms with E-state index in [2.05, 4.69) is 5.32 Å². The van der Waals surface area contributed by atoms with Crippen LogP contribution in [0.5, 0.6) is 0 Å². The molecule has 2 N–H and O–H groups in total. The Balaban J connectivity index is 1.94. The zero-order chi connectivity index (χ0) is 17.3. The van der Waals surface area contributed by atoms with Gasteiger partial charge in [-0.25, -0.2) is 9.59 Å². The average Bonchev–Trinajstić information content (AvgIpc) is 2.89.